The molecule has 6 nitrogen and oxygen atoms in total. The molecule has 0 bridgehead atoms. The van der Waals surface area contributed by atoms with Crippen molar-refractivity contribution in [2.45, 2.75) is 20.1 Å². The van der Waals surface area contributed by atoms with Gasteiger partial charge in [-0.05, 0) is 6.92 Å². The molecule has 0 aliphatic heterocycles. The van der Waals surface area contributed by atoms with Crippen LogP contribution in [0.1, 0.15) is 22.0 Å². The van der Waals surface area contributed by atoms with E-state index in [2.05, 4.69) is 21.5 Å². The summed E-state index contributed by atoms with van der Waals surface area (Å²) in [5.41, 5.74) is 1.92. The Kier molecular flexibility index (Phi) is 3.60. The molecule has 94 valence electrons. The fourth-order valence-corrected chi connectivity index (χ4v) is 2.38. The first-order valence-electron chi connectivity index (χ1n) is 5.37. The number of thiazole rings is 1. The molecule has 0 aliphatic carbocycles. The molecule has 0 fully saturated rings. The fourth-order valence-electron chi connectivity index (χ4n) is 1.66. The Bertz CT molecular complexity index is 595. The van der Waals surface area contributed by atoms with Crippen LogP contribution in [0, 0.1) is 18.3 Å². The minimum Gasteiger partial charge on any atom is -0.390 e. The molecule has 0 atom stereocenters. The van der Waals surface area contributed by atoms with E-state index in [0.29, 0.717) is 29.3 Å². The van der Waals surface area contributed by atoms with Crippen LogP contribution in [0.5, 0.6) is 0 Å². The zero-order valence-electron chi connectivity index (χ0n) is 10.1. The normalized spacial score (nSPS) is 10.3. The highest BCUT2D eigenvalue weighted by Crippen LogP contribution is 2.19. The van der Waals surface area contributed by atoms with Gasteiger partial charge in [-0.25, -0.2) is 4.98 Å². The lowest BCUT2D eigenvalue weighted by atomic mass is 10.2. The van der Waals surface area contributed by atoms with Gasteiger partial charge in [0.05, 0.1) is 24.5 Å². The van der Waals surface area contributed by atoms with Crippen molar-refractivity contribution < 1.29 is 5.11 Å². The third kappa shape index (κ3) is 2.34. The maximum absolute atomic E-state index is 9.06. The Balaban J connectivity index is 2.13. The first-order chi connectivity index (χ1) is 8.65. The van der Waals surface area contributed by atoms with Crippen LogP contribution in [-0.4, -0.2) is 19.9 Å². The van der Waals surface area contributed by atoms with Crippen LogP contribution >= 0.6 is 11.3 Å². The Morgan fingerprint density at radius 2 is 2.39 bits per heavy atom. The lowest BCUT2D eigenvalue weighted by molar-refractivity contribution is 0.277. The Morgan fingerprint density at radius 1 is 1.61 bits per heavy atom. The fraction of sp³-hybridized carbons (Fsp3) is 0.364. The Hall–Kier alpha value is -1.91. The number of aliphatic hydroxyl groups excluding tert-OH is 1. The van der Waals surface area contributed by atoms with Gasteiger partial charge in [0.15, 0.2) is 0 Å². The standard InChI is InChI=1S/C11H13N5OS/c1-7-9(3-12)11(16(2)15-7)13-4-10-14-8(5-17)6-18-10/h6,13,17H,4-5H2,1-2H3. The second-order valence-corrected chi connectivity index (χ2v) is 4.73. The molecule has 0 aliphatic rings. The first kappa shape index (κ1) is 12.5. The molecule has 0 unspecified atom stereocenters. The molecule has 2 rings (SSSR count). The summed E-state index contributed by atoms with van der Waals surface area (Å²) in [4.78, 5) is 4.23. The van der Waals surface area contributed by atoms with Crippen molar-refractivity contribution in [1.29, 1.82) is 5.26 Å². The lowest BCUT2D eigenvalue weighted by Crippen LogP contribution is -2.05. The monoisotopic (exact) mass is 263 g/mol. The average molecular weight is 263 g/mol. The molecule has 0 aromatic carbocycles. The van der Waals surface area contributed by atoms with Crippen LogP contribution in [-0.2, 0) is 20.2 Å². The zero-order chi connectivity index (χ0) is 13.1. The molecule has 2 aromatic rings. The van der Waals surface area contributed by atoms with Crippen LogP contribution in [0.4, 0.5) is 5.82 Å². The molecule has 0 radical (unpaired) electrons. The number of aryl methyl sites for hydroxylation is 2. The van der Waals surface area contributed by atoms with E-state index in [0.717, 1.165) is 5.01 Å². The molecule has 7 heteroatoms. The molecule has 0 saturated heterocycles. The van der Waals surface area contributed by atoms with E-state index in [4.69, 9.17) is 10.4 Å². The number of rotatable bonds is 4. The van der Waals surface area contributed by atoms with Crippen LogP contribution in [0.2, 0.25) is 0 Å². The number of nitrogens with zero attached hydrogens (tertiary/aromatic N) is 4. The molecule has 0 spiro atoms. The van der Waals surface area contributed by atoms with Gasteiger partial charge in [0.1, 0.15) is 22.5 Å². The van der Waals surface area contributed by atoms with Gasteiger partial charge in [-0.2, -0.15) is 10.4 Å². The van der Waals surface area contributed by atoms with Gasteiger partial charge in [0.2, 0.25) is 0 Å². The molecule has 2 aromatic heterocycles. The van der Waals surface area contributed by atoms with Gasteiger partial charge >= 0.3 is 0 Å². The second-order valence-electron chi connectivity index (χ2n) is 3.79. The zero-order valence-corrected chi connectivity index (χ0v) is 11.0. The molecule has 0 saturated carbocycles. The van der Waals surface area contributed by atoms with E-state index in [1.165, 1.54) is 11.3 Å². The van der Waals surface area contributed by atoms with Crippen molar-refractivity contribution in [3.05, 3.63) is 27.3 Å². The van der Waals surface area contributed by atoms with Crippen LogP contribution in [0.25, 0.3) is 0 Å². The molecule has 2 N–H and O–H groups in total. The number of hydrogen-bond donors (Lipinski definition) is 2. The van der Waals surface area contributed by atoms with Crippen molar-refractivity contribution in [2.75, 3.05) is 5.32 Å². The minimum absolute atomic E-state index is 0.0508. The Labute approximate surface area is 109 Å². The van der Waals surface area contributed by atoms with E-state index in [1.54, 1.807) is 18.7 Å². The van der Waals surface area contributed by atoms with Crippen LogP contribution in [0.3, 0.4) is 0 Å². The predicted octanol–water partition coefficient (Wildman–Crippen LogP) is 1.16. The maximum Gasteiger partial charge on any atom is 0.142 e. The number of aliphatic hydroxyl groups is 1. The van der Waals surface area contributed by atoms with Crippen molar-refractivity contribution in [1.82, 2.24) is 14.8 Å². The summed E-state index contributed by atoms with van der Waals surface area (Å²) in [6.45, 7) is 2.26. The third-order valence-electron chi connectivity index (χ3n) is 2.50. The molecule has 2 heterocycles. The number of aromatic nitrogens is 3. The largest absolute Gasteiger partial charge is 0.390 e. The molecule has 0 amide bonds. The lowest BCUT2D eigenvalue weighted by Gasteiger charge is -2.04. The highest BCUT2D eigenvalue weighted by atomic mass is 32.1. The van der Waals surface area contributed by atoms with Crippen molar-refractivity contribution in [2.24, 2.45) is 7.05 Å². The van der Waals surface area contributed by atoms with Crippen molar-refractivity contribution in [3.8, 4) is 6.07 Å². The third-order valence-corrected chi connectivity index (χ3v) is 3.40. The summed E-state index contributed by atoms with van der Waals surface area (Å²) in [6.07, 6.45) is 0. The first-order valence-corrected chi connectivity index (χ1v) is 6.25. The minimum atomic E-state index is -0.0508. The summed E-state index contributed by atoms with van der Waals surface area (Å²) in [7, 11) is 1.79. The summed E-state index contributed by atoms with van der Waals surface area (Å²) >= 11 is 1.47. The number of anilines is 1. The molecular formula is C11H13N5OS. The second kappa shape index (κ2) is 5.16. The molecular weight excluding hydrogens is 250 g/mol. The number of nitriles is 1. The van der Waals surface area contributed by atoms with Gasteiger partial charge in [-0.3, -0.25) is 4.68 Å². The van der Waals surface area contributed by atoms with E-state index in [-0.39, 0.29) is 6.61 Å². The van der Waals surface area contributed by atoms with Crippen molar-refractivity contribution in [3.63, 3.8) is 0 Å². The maximum atomic E-state index is 9.06. The van der Waals surface area contributed by atoms with E-state index >= 15 is 0 Å². The summed E-state index contributed by atoms with van der Waals surface area (Å²) < 4.78 is 1.65. The predicted molar refractivity (Wildman–Crippen MR) is 68.0 cm³/mol. The number of hydrogen-bond acceptors (Lipinski definition) is 6. The SMILES string of the molecule is Cc1nn(C)c(NCc2nc(CO)cs2)c1C#N. The topological polar surface area (TPSA) is 86.8 Å². The van der Waals surface area contributed by atoms with E-state index in [1.807, 2.05) is 5.38 Å². The van der Waals surface area contributed by atoms with E-state index < -0.39 is 0 Å². The highest BCUT2D eigenvalue weighted by Gasteiger charge is 2.12. The van der Waals surface area contributed by atoms with Gasteiger partial charge in [0, 0.05) is 12.4 Å². The summed E-state index contributed by atoms with van der Waals surface area (Å²) in [6, 6.07) is 2.13. The van der Waals surface area contributed by atoms with Gasteiger partial charge in [-0.15, -0.1) is 11.3 Å². The quantitative estimate of drug-likeness (QED) is 0.864. The van der Waals surface area contributed by atoms with Gasteiger partial charge < -0.3 is 10.4 Å². The van der Waals surface area contributed by atoms with Gasteiger partial charge in [0.25, 0.3) is 0 Å². The van der Waals surface area contributed by atoms with Crippen LogP contribution in [0.15, 0.2) is 5.38 Å². The van der Waals surface area contributed by atoms with E-state index in [9.17, 15) is 0 Å². The summed E-state index contributed by atoms with van der Waals surface area (Å²) in [5, 5.41) is 28.0. The smallest absolute Gasteiger partial charge is 0.142 e. The van der Waals surface area contributed by atoms with Gasteiger partial charge in [-0.1, -0.05) is 0 Å². The number of nitrogens with one attached hydrogen (secondary N) is 1. The average Bonchev–Trinajstić information content (AvgIpc) is 2.91. The van der Waals surface area contributed by atoms with Crippen LogP contribution < -0.4 is 5.32 Å². The Morgan fingerprint density at radius 3 is 3.00 bits per heavy atom. The van der Waals surface area contributed by atoms with Crippen molar-refractivity contribution >= 4 is 17.2 Å². The highest BCUT2D eigenvalue weighted by molar-refractivity contribution is 7.09. The summed E-state index contributed by atoms with van der Waals surface area (Å²) in [5.74, 6) is 0.691. The molecule has 18 heavy (non-hydrogen) atoms.